The average Bonchev–Trinajstić information content (AvgIpc) is 3.04. The van der Waals surface area contributed by atoms with Gasteiger partial charge in [-0.05, 0) is 25.1 Å². The molecule has 0 fully saturated rings. The monoisotopic (exact) mass is 309 g/mol. The predicted octanol–water partition coefficient (Wildman–Crippen LogP) is 3.41. The van der Waals surface area contributed by atoms with Gasteiger partial charge in [0.25, 0.3) is 5.91 Å². The van der Waals surface area contributed by atoms with Gasteiger partial charge in [0.2, 0.25) is 0 Å². The number of thiophene rings is 1. The predicted molar refractivity (Wildman–Crippen MR) is 92.2 cm³/mol. The Morgan fingerprint density at radius 3 is 2.82 bits per heavy atom. The van der Waals surface area contributed by atoms with Gasteiger partial charge in [0.1, 0.15) is 0 Å². The molecule has 0 saturated heterocycles. The third kappa shape index (κ3) is 2.63. The molecule has 1 aromatic heterocycles. The molecule has 0 N–H and O–H groups in total. The first-order chi connectivity index (χ1) is 10.7. The Bertz CT molecular complexity index is 789. The highest BCUT2D eigenvalue weighted by Crippen LogP contribution is 2.29. The second-order valence-corrected chi connectivity index (χ2v) is 6.18. The smallest absolute Gasteiger partial charge is 0.279 e. The lowest BCUT2D eigenvalue weighted by atomic mass is 10.1. The zero-order chi connectivity index (χ0) is 15.5. The Balaban J connectivity index is 1.93. The number of aryl methyl sites for hydroxylation is 1. The van der Waals surface area contributed by atoms with Crippen LogP contribution in [0, 0.1) is 6.92 Å². The molecule has 2 aromatic rings. The quantitative estimate of drug-likeness (QED) is 0.485. The van der Waals surface area contributed by atoms with Crippen LogP contribution in [0.5, 0.6) is 0 Å². The van der Waals surface area contributed by atoms with Crippen molar-refractivity contribution >= 4 is 34.9 Å². The molecule has 3 rings (SSSR count). The van der Waals surface area contributed by atoms with Crippen molar-refractivity contribution in [1.82, 2.24) is 0 Å². The molecule has 22 heavy (non-hydrogen) atoms. The molecule has 1 aliphatic heterocycles. The molecule has 0 saturated carbocycles. The van der Waals surface area contributed by atoms with Crippen LogP contribution in [0.15, 0.2) is 59.3 Å². The number of hydrogen-bond acceptors (Lipinski definition) is 4. The summed E-state index contributed by atoms with van der Waals surface area (Å²) in [7, 11) is 0. The van der Waals surface area contributed by atoms with Gasteiger partial charge in [-0.15, -0.1) is 23.0 Å². The Morgan fingerprint density at radius 1 is 1.27 bits per heavy atom. The van der Waals surface area contributed by atoms with E-state index in [2.05, 4.69) is 16.8 Å². The molecule has 0 aliphatic carbocycles. The number of hydrogen-bond donors (Lipinski definition) is 0. The third-order valence-corrected chi connectivity index (χ3v) is 4.25. The van der Waals surface area contributed by atoms with Crippen LogP contribution < -0.4 is 4.90 Å². The summed E-state index contributed by atoms with van der Waals surface area (Å²) in [6, 6.07) is 11.6. The molecule has 110 valence electrons. The minimum Gasteiger partial charge on any atom is -0.302 e. The van der Waals surface area contributed by atoms with E-state index in [0.717, 1.165) is 16.1 Å². The molecule has 1 amide bonds. The largest absolute Gasteiger partial charge is 0.302 e. The first-order valence-corrected chi connectivity index (χ1v) is 7.72. The molecule has 0 spiro atoms. The lowest BCUT2D eigenvalue weighted by Crippen LogP contribution is -2.30. The van der Waals surface area contributed by atoms with Crippen LogP contribution >= 0.6 is 11.3 Å². The van der Waals surface area contributed by atoms with Crippen molar-refractivity contribution in [3.8, 4) is 0 Å². The normalized spacial score (nSPS) is 15.8. The van der Waals surface area contributed by atoms with Gasteiger partial charge in [-0.3, -0.25) is 4.79 Å². The minimum absolute atomic E-state index is 0.138. The van der Waals surface area contributed by atoms with Crippen molar-refractivity contribution in [2.45, 2.75) is 6.92 Å². The van der Waals surface area contributed by atoms with Crippen molar-refractivity contribution in [1.29, 1.82) is 0 Å². The molecule has 0 bridgehead atoms. The first kappa shape index (κ1) is 14.4. The number of para-hydroxylation sites is 1. The zero-order valence-corrected chi connectivity index (χ0v) is 13.0. The summed E-state index contributed by atoms with van der Waals surface area (Å²) in [6.07, 6.45) is 3.38. The van der Waals surface area contributed by atoms with Crippen molar-refractivity contribution in [2.24, 2.45) is 10.2 Å². The molecule has 0 radical (unpaired) electrons. The number of carbonyl (C=O) groups is 1. The fraction of sp³-hybridized carbons (Fsp3) is 0.118. The Hall–Kier alpha value is -2.53. The standard InChI is InChI=1S/C17H15N3OS/c1-3-10-20-15-7-5-4-6-14(15)16(17(20)21)19-18-11-13-9-8-12(2)22-13/h3-9,11H,1,10H2,2H3/b18-11-,19-16-. The van der Waals surface area contributed by atoms with Crippen molar-refractivity contribution in [3.05, 3.63) is 64.4 Å². The van der Waals surface area contributed by atoms with Crippen LogP contribution in [0.25, 0.3) is 0 Å². The molecule has 4 nitrogen and oxygen atoms in total. The van der Waals surface area contributed by atoms with E-state index < -0.39 is 0 Å². The molecule has 1 aliphatic rings. The van der Waals surface area contributed by atoms with Crippen LogP contribution in [0.3, 0.4) is 0 Å². The van der Waals surface area contributed by atoms with Gasteiger partial charge in [0.05, 0.1) is 11.9 Å². The number of rotatable bonds is 4. The van der Waals surface area contributed by atoms with Crippen LogP contribution in [0.2, 0.25) is 0 Å². The van der Waals surface area contributed by atoms with E-state index in [1.54, 1.807) is 28.5 Å². The Labute approximate surface area is 133 Å². The van der Waals surface area contributed by atoms with E-state index in [1.165, 1.54) is 4.88 Å². The number of fused-ring (bicyclic) bond motifs is 1. The van der Waals surface area contributed by atoms with Gasteiger partial charge in [-0.2, -0.15) is 5.10 Å². The minimum atomic E-state index is -0.138. The summed E-state index contributed by atoms with van der Waals surface area (Å²) >= 11 is 1.64. The average molecular weight is 309 g/mol. The number of amides is 1. The fourth-order valence-corrected chi connectivity index (χ4v) is 3.08. The van der Waals surface area contributed by atoms with E-state index in [9.17, 15) is 4.79 Å². The van der Waals surface area contributed by atoms with Gasteiger partial charge in [0, 0.05) is 21.9 Å². The Morgan fingerprint density at radius 2 is 2.09 bits per heavy atom. The van der Waals surface area contributed by atoms with E-state index in [1.807, 2.05) is 43.3 Å². The molecule has 2 heterocycles. The third-order valence-electron chi connectivity index (χ3n) is 3.31. The Kier molecular flexibility index (Phi) is 3.98. The second kappa shape index (κ2) is 6.07. The summed E-state index contributed by atoms with van der Waals surface area (Å²) in [4.78, 5) is 16.4. The lowest BCUT2D eigenvalue weighted by molar-refractivity contribution is -0.112. The van der Waals surface area contributed by atoms with E-state index in [0.29, 0.717) is 12.3 Å². The van der Waals surface area contributed by atoms with Crippen LogP contribution in [-0.2, 0) is 4.79 Å². The highest BCUT2D eigenvalue weighted by molar-refractivity contribution is 7.13. The van der Waals surface area contributed by atoms with E-state index >= 15 is 0 Å². The number of anilines is 1. The highest BCUT2D eigenvalue weighted by atomic mass is 32.1. The second-order valence-electron chi connectivity index (χ2n) is 4.86. The molecular weight excluding hydrogens is 294 g/mol. The SMILES string of the molecule is C=CCN1C(=O)/C(=N\N=C/c2ccc(C)s2)c2ccccc21. The summed E-state index contributed by atoms with van der Waals surface area (Å²) in [5.41, 5.74) is 2.05. The molecule has 5 heteroatoms. The van der Waals surface area contributed by atoms with Gasteiger partial charge >= 0.3 is 0 Å². The fourth-order valence-electron chi connectivity index (χ4n) is 2.34. The van der Waals surface area contributed by atoms with Gasteiger partial charge in [0.15, 0.2) is 5.71 Å². The van der Waals surface area contributed by atoms with E-state index in [4.69, 9.17) is 0 Å². The van der Waals surface area contributed by atoms with Crippen LogP contribution in [0.1, 0.15) is 15.3 Å². The molecular formula is C17H15N3OS. The van der Waals surface area contributed by atoms with Gasteiger partial charge < -0.3 is 4.90 Å². The highest BCUT2D eigenvalue weighted by Gasteiger charge is 2.32. The summed E-state index contributed by atoms with van der Waals surface area (Å²) in [6.45, 7) is 6.20. The summed E-state index contributed by atoms with van der Waals surface area (Å²) in [5.74, 6) is -0.138. The maximum absolute atomic E-state index is 12.5. The number of benzene rings is 1. The van der Waals surface area contributed by atoms with Crippen molar-refractivity contribution in [2.75, 3.05) is 11.4 Å². The van der Waals surface area contributed by atoms with Crippen LogP contribution in [0.4, 0.5) is 5.69 Å². The van der Waals surface area contributed by atoms with Gasteiger partial charge in [-0.25, -0.2) is 0 Å². The maximum atomic E-state index is 12.5. The number of carbonyl (C=O) groups excluding carboxylic acids is 1. The molecule has 1 aromatic carbocycles. The first-order valence-electron chi connectivity index (χ1n) is 6.90. The molecule has 0 atom stereocenters. The zero-order valence-electron chi connectivity index (χ0n) is 12.2. The van der Waals surface area contributed by atoms with E-state index in [-0.39, 0.29) is 5.91 Å². The molecule has 0 unspecified atom stereocenters. The summed E-state index contributed by atoms with van der Waals surface area (Å²) < 4.78 is 0. The summed E-state index contributed by atoms with van der Waals surface area (Å²) in [5, 5.41) is 8.23. The van der Waals surface area contributed by atoms with Crippen LogP contribution in [-0.4, -0.2) is 24.4 Å². The van der Waals surface area contributed by atoms with Gasteiger partial charge in [-0.1, -0.05) is 24.3 Å². The maximum Gasteiger partial charge on any atom is 0.279 e. The van der Waals surface area contributed by atoms with Crippen molar-refractivity contribution < 1.29 is 4.79 Å². The lowest BCUT2D eigenvalue weighted by Gasteiger charge is -2.13. The number of nitrogens with zero attached hydrogens (tertiary/aromatic N) is 3. The van der Waals surface area contributed by atoms with Crippen molar-refractivity contribution in [3.63, 3.8) is 0 Å². The topological polar surface area (TPSA) is 45.0 Å².